The molecule has 4 heterocycles. The third-order valence-electron chi connectivity index (χ3n) is 11.2. The average Bonchev–Trinajstić information content (AvgIpc) is 4.04. The van der Waals surface area contributed by atoms with Crippen LogP contribution in [0.2, 0.25) is 0 Å². The molecular weight excluding hydrogens is 703 g/mol. The fraction of sp³-hybridized carbons (Fsp3) is 0. The second kappa shape index (κ2) is 12.1. The highest BCUT2D eigenvalue weighted by molar-refractivity contribution is 7.26. The van der Waals surface area contributed by atoms with Crippen molar-refractivity contribution in [2.45, 2.75) is 0 Å². The Labute approximate surface area is 325 Å². The minimum atomic E-state index is 0.789. The zero-order valence-corrected chi connectivity index (χ0v) is 30.9. The molecule has 0 N–H and O–H groups in total. The molecule has 0 spiro atoms. The Balaban J connectivity index is 1.20. The molecule has 5 nitrogen and oxygen atoms in total. The first-order valence-corrected chi connectivity index (χ1v) is 19.7. The molecular formula is C50H31N5S. The van der Waals surface area contributed by atoms with E-state index in [4.69, 9.17) is 10.2 Å². The number of fused-ring (bicyclic) bond motifs is 10. The van der Waals surface area contributed by atoms with Crippen LogP contribution in [0, 0.1) is 0 Å². The van der Waals surface area contributed by atoms with E-state index in [1.165, 1.54) is 47.4 Å². The number of hydrogen-bond donors (Lipinski definition) is 0. The number of hydrogen-bond acceptors (Lipinski definition) is 3. The van der Waals surface area contributed by atoms with E-state index in [2.05, 4.69) is 190 Å². The van der Waals surface area contributed by atoms with Crippen LogP contribution < -0.4 is 0 Å². The zero-order valence-electron chi connectivity index (χ0n) is 30.0. The summed E-state index contributed by atoms with van der Waals surface area (Å²) < 4.78 is 9.80. The van der Waals surface area contributed by atoms with Gasteiger partial charge in [-0.3, -0.25) is 4.57 Å². The predicted molar refractivity (Wildman–Crippen MR) is 234 cm³/mol. The molecule has 6 heteroatoms. The van der Waals surface area contributed by atoms with Crippen molar-refractivity contribution in [2.75, 3.05) is 0 Å². The van der Waals surface area contributed by atoms with Crippen LogP contribution in [-0.2, 0) is 0 Å². The van der Waals surface area contributed by atoms with Gasteiger partial charge in [-0.05, 0) is 42.5 Å². The summed E-state index contributed by atoms with van der Waals surface area (Å²) in [5, 5.41) is 17.2. The van der Waals surface area contributed by atoms with Crippen LogP contribution in [0.1, 0.15) is 0 Å². The number of para-hydroxylation sites is 5. The Morgan fingerprint density at radius 1 is 0.339 bits per heavy atom. The van der Waals surface area contributed by atoms with E-state index < -0.39 is 0 Å². The molecule has 0 amide bonds. The minimum absolute atomic E-state index is 0.789. The van der Waals surface area contributed by atoms with Crippen molar-refractivity contribution in [1.29, 1.82) is 0 Å². The van der Waals surface area contributed by atoms with Gasteiger partial charge in [-0.25, -0.2) is 0 Å². The molecule has 0 aliphatic rings. The van der Waals surface area contributed by atoms with Crippen LogP contribution in [0.3, 0.4) is 0 Å². The molecule has 12 aromatic rings. The Bertz CT molecular complexity index is 3420. The highest BCUT2D eigenvalue weighted by atomic mass is 32.1. The van der Waals surface area contributed by atoms with Crippen molar-refractivity contribution in [3.63, 3.8) is 0 Å². The lowest BCUT2D eigenvalue weighted by atomic mass is 10.1. The first kappa shape index (κ1) is 31.1. The first-order chi connectivity index (χ1) is 27.8. The molecule has 12 rings (SSSR count). The molecule has 0 radical (unpaired) electrons. The first-order valence-electron chi connectivity index (χ1n) is 18.9. The second-order valence-electron chi connectivity index (χ2n) is 14.2. The molecule has 0 aliphatic carbocycles. The van der Waals surface area contributed by atoms with Gasteiger partial charge in [0.15, 0.2) is 11.6 Å². The second-order valence-corrected chi connectivity index (χ2v) is 15.3. The van der Waals surface area contributed by atoms with Gasteiger partial charge in [0.1, 0.15) is 0 Å². The summed E-state index contributed by atoms with van der Waals surface area (Å²) in [6.45, 7) is 0. The SMILES string of the molecule is c1ccc(-c2nnc(-c3ccccc3)n2-c2cccc3c4ccccc4n(-c4ccccc4-n4c5ccccc5c5c6sc7ccccc7c6ccc54)c23)cc1. The number of rotatable bonds is 5. The maximum absolute atomic E-state index is 4.87. The van der Waals surface area contributed by atoms with Gasteiger partial charge in [-0.2, -0.15) is 0 Å². The quantitative estimate of drug-likeness (QED) is 0.177. The van der Waals surface area contributed by atoms with E-state index >= 15 is 0 Å². The third-order valence-corrected chi connectivity index (χ3v) is 12.4. The molecule has 0 bridgehead atoms. The van der Waals surface area contributed by atoms with Gasteiger partial charge in [0.2, 0.25) is 0 Å². The van der Waals surface area contributed by atoms with Crippen molar-refractivity contribution in [3.05, 3.63) is 188 Å². The van der Waals surface area contributed by atoms with Crippen molar-refractivity contribution in [3.8, 4) is 39.8 Å². The molecule has 0 saturated carbocycles. The van der Waals surface area contributed by atoms with E-state index in [1.54, 1.807) is 0 Å². The van der Waals surface area contributed by atoms with Crippen molar-refractivity contribution in [2.24, 2.45) is 0 Å². The molecule has 0 aliphatic heterocycles. The van der Waals surface area contributed by atoms with Crippen LogP contribution in [0.25, 0.3) is 104 Å². The third kappa shape index (κ3) is 4.42. The van der Waals surface area contributed by atoms with E-state index in [-0.39, 0.29) is 0 Å². The van der Waals surface area contributed by atoms with Gasteiger partial charge < -0.3 is 9.13 Å². The normalized spacial score (nSPS) is 11.9. The molecule has 8 aromatic carbocycles. The highest BCUT2D eigenvalue weighted by Gasteiger charge is 2.25. The lowest BCUT2D eigenvalue weighted by Crippen LogP contribution is -2.06. The Morgan fingerprint density at radius 3 is 1.59 bits per heavy atom. The van der Waals surface area contributed by atoms with Gasteiger partial charge in [-0.15, -0.1) is 21.5 Å². The molecule has 0 fully saturated rings. The number of thiophene rings is 1. The Morgan fingerprint density at radius 2 is 0.875 bits per heavy atom. The van der Waals surface area contributed by atoms with E-state index in [1.807, 2.05) is 23.5 Å². The van der Waals surface area contributed by atoms with Gasteiger partial charge in [0, 0.05) is 52.8 Å². The van der Waals surface area contributed by atoms with Crippen molar-refractivity contribution >= 4 is 75.1 Å². The van der Waals surface area contributed by atoms with Gasteiger partial charge in [-0.1, -0.05) is 146 Å². The summed E-state index contributed by atoms with van der Waals surface area (Å²) in [6, 6.07) is 67.2. The monoisotopic (exact) mass is 733 g/mol. The largest absolute Gasteiger partial charge is 0.307 e. The molecule has 0 unspecified atom stereocenters. The van der Waals surface area contributed by atoms with Crippen LogP contribution >= 0.6 is 11.3 Å². The Kier molecular flexibility index (Phi) is 6.73. The van der Waals surface area contributed by atoms with Crippen LogP contribution in [-0.4, -0.2) is 23.9 Å². The maximum atomic E-state index is 4.87. The summed E-state index contributed by atoms with van der Waals surface area (Å²) in [7, 11) is 0. The van der Waals surface area contributed by atoms with E-state index in [9.17, 15) is 0 Å². The number of aromatic nitrogens is 5. The van der Waals surface area contributed by atoms with Gasteiger partial charge >= 0.3 is 0 Å². The van der Waals surface area contributed by atoms with Crippen LogP contribution in [0.4, 0.5) is 0 Å². The standard InChI is InChI=1S/C50H31N5S/c1-3-16-32(17-4-1)49-51-52-50(33-18-5-2-6-19-33)55(49)44-28-15-23-36-34-20-7-10-24-39(34)54(47(36)44)42-27-13-12-26-41(42)53-40-25-11-8-22-38(40)46-43(53)31-30-37-35-21-9-14-29-45(35)56-48(37)46/h1-31H. The molecule has 262 valence electrons. The summed E-state index contributed by atoms with van der Waals surface area (Å²) in [5.41, 5.74) is 9.78. The number of benzene rings is 8. The summed E-state index contributed by atoms with van der Waals surface area (Å²) in [5.74, 6) is 1.58. The Hall–Kier alpha value is -7.28. The smallest absolute Gasteiger partial charge is 0.168 e. The van der Waals surface area contributed by atoms with Crippen molar-refractivity contribution in [1.82, 2.24) is 23.9 Å². The lowest BCUT2D eigenvalue weighted by Gasteiger charge is -2.19. The number of nitrogens with zero attached hydrogens (tertiary/aromatic N) is 5. The van der Waals surface area contributed by atoms with E-state index in [0.717, 1.165) is 56.3 Å². The average molecular weight is 734 g/mol. The highest BCUT2D eigenvalue weighted by Crippen LogP contribution is 2.45. The summed E-state index contributed by atoms with van der Waals surface area (Å²) in [4.78, 5) is 0. The lowest BCUT2D eigenvalue weighted by molar-refractivity contribution is 1.05. The van der Waals surface area contributed by atoms with Gasteiger partial charge in [0.25, 0.3) is 0 Å². The summed E-state index contributed by atoms with van der Waals surface area (Å²) in [6.07, 6.45) is 0. The van der Waals surface area contributed by atoms with Crippen LogP contribution in [0.15, 0.2) is 188 Å². The topological polar surface area (TPSA) is 40.6 Å². The fourth-order valence-corrected chi connectivity index (χ4v) is 10.1. The van der Waals surface area contributed by atoms with Crippen LogP contribution in [0.5, 0.6) is 0 Å². The molecule has 0 atom stereocenters. The summed E-state index contributed by atoms with van der Waals surface area (Å²) >= 11 is 1.89. The molecule has 0 saturated heterocycles. The van der Waals surface area contributed by atoms with E-state index in [0.29, 0.717) is 0 Å². The maximum Gasteiger partial charge on any atom is 0.168 e. The zero-order chi connectivity index (χ0) is 36.7. The fourth-order valence-electron chi connectivity index (χ4n) is 8.83. The molecule has 4 aromatic heterocycles. The predicted octanol–water partition coefficient (Wildman–Crippen LogP) is 13.2. The molecule has 56 heavy (non-hydrogen) atoms. The van der Waals surface area contributed by atoms with Crippen molar-refractivity contribution < 1.29 is 0 Å². The van der Waals surface area contributed by atoms with Gasteiger partial charge in [0.05, 0.1) is 39.1 Å². The minimum Gasteiger partial charge on any atom is -0.307 e.